The van der Waals surface area contributed by atoms with Gasteiger partial charge in [0.1, 0.15) is 0 Å². The first-order chi connectivity index (χ1) is 6.05. The lowest BCUT2D eigenvalue weighted by Crippen LogP contribution is -2.21. The lowest BCUT2D eigenvalue weighted by molar-refractivity contribution is 0.643. The average molecular weight is 173 g/mol. The van der Waals surface area contributed by atoms with Gasteiger partial charge in [0.25, 0.3) is 0 Å². The molecule has 1 aromatic carbocycles. The van der Waals surface area contributed by atoms with E-state index in [1.54, 1.807) is 0 Å². The van der Waals surface area contributed by atoms with Gasteiger partial charge in [-0.05, 0) is 11.6 Å². The molecule has 0 spiro atoms. The first kappa shape index (κ1) is 8.36. The molecule has 0 fully saturated rings. The second-order valence-electron chi connectivity index (χ2n) is 4.15. The molecule has 2 rings (SSSR count). The fourth-order valence-corrected chi connectivity index (χ4v) is 2.01. The molecule has 0 atom stereocenters. The van der Waals surface area contributed by atoms with Gasteiger partial charge in [0, 0.05) is 23.8 Å². The largest absolute Gasteiger partial charge is 0.348 e. The van der Waals surface area contributed by atoms with Crippen molar-refractivity contribution in [2.75, 3.05) is 11.9 Å². The maximum Gasteiger partial charge on any atom is 0.0447 e. The second kappa shape index (κ2) is 2.38. The van der Waals surface area contributed by atoms with Gasteiger partial charge in [0.05, 0.1) is 0 Å². The number of para-hydroxylation sites is 1. The molecule has 0 N–H and O–H groups in total. The summed E-state index contributed by atoms with van der Waals surface area (Å²) >= 11 is 0. The van der Waals surface area contributed by atoms with Gasteiger partial charge in [0.2, 0.25) is 0 Å². The highest BCUT2D eigenvalue weighted by Crippen LogP contribution is 2.45. The van der Waals surface area contributed by atoms with Gasteiger partial charge in [-0.1, -0.05) is 38.6 Å². The Labute approximate surface area is 79.7 Å². The number of fused-ring (bicyclic) bond motifs is 1. The second-order valence-corrected chi connectivity index (χ2v) is 4.15. The maximum absolute atomic E-state index is 4.13. The van der Waals surface area contributed by atoms with Crippen molar-refractivity contribution >= 4 is 5.69 Å². The number of hydrogen-bond donors (Lipinski definition) is 0. The van der Waals surface area contributed by atoms with Crippen molar-refractivity contribution in [2.45, 2.75) is 19.3 Å². The van der Waals surface area contributed by atoms with Crippen LogP contribution in [0.25, 0.3) is 0 Å². The highest BCUT2D eigenvalue weighted by molar-refractivity contribution is 5.69. The molecule has 1 aliphatic rings. The summed E-state index contributed by atoms with van der Waals surface area (Å²) in [6.07, 6.45) is 0. The van der Waals surface area contributed by atoms with Crippen molar-refractivity contribution in [1.82, 2.24) is 0 Å². The summed E-state index contributed by atoms with van der Waals surface area (Å²) in [4.78, 5) is 2.18. The molecule has 0 aliphatic carbocycles. The zero-order valence-electron chi connectivity index (χ0n) is 8.46. The smallest absolute Gasteiger partial charge is 0.0447 e. The molecule has 1 nitrogen and oxygen atoms in total. The number of rotatable bonds is 0. The van der Waals surface area contributed by atoms with Gasteiger partial charge in [-0.15, -0.1) is 0 Å². The third kappa shape index (κ3) is 0.932. The summed E-state index contributed by atoms with van der Waals surface area (Å²) in [5.74, 6) is 0. The molecule has 0 radical (unpaired) electrons. The SMILES string of the molecule is C=C1N(C)c2ccccc2C1(C)C. The molecule has 0 saturated carbocycles. The molecule has 0 saturated heterocycles. The number of nitrogens with zero attached hydrogens (tertiary/aromatic N) is 1. The van der Waals surface area contributed by atoms with Crippen LogP contribution in [0.5, 0.6) is 0 Å². The van der Waals surface area contributed by atoms with Crippen LogP contribution in [0.3, 0.4) is 0 Å². The summed E-state index contributed by atoms with van der Waals surface area (Å²) < 4.78 is 0. The van der Waals surface area contributed by atoms with E-state index in [1.165, 1.54) is 16.9 Å². The van der Waals surface area contributed by atoms with Crippen molar-refractivity contribution in [3.8, 4) is 0 Å². The number of allylic oxidation sites excluding steroid dienone is 1. The molecule has 0 bridgehead atoms. The Kier molecular flexibility index (Phi) is 1.53. The van der Waals surface area contributed by atoms with Crippen LogP contribution >= 0.6 is 0 Å². The van der Waals surface area contributed by atoms with E-state index >= 15 is 0 Å². The molecule has 13 heavy (non-hydrogen) atoms. The maximum atomic E-state index is 4.13. The zero-order chi connectivity index (χ0) is 9.64. The van der Waals surface area contributed by atoms with Crippen molar-refractivity contribution in [3.05, 3.63) is 42.1 Å². The predicted octanol–water partition coefficient (Wildman–Crippen LogP) is 2.93. The van der Waals surface area contributed by atoms with Crippen LogP contribution in [-0.4, -0.2) is 7.05 Å². The van der Waals surface area contributed by atoms with Crippen molar-refractivity contribution in [2.24, 2.45) is 0 Å². The summed E-state index contributed by atoms with van der Waals surface area (Å²) in [6, 6.07) is 8.50. The Morgan fingerprint density at radius 1 is 1.23 bits per heavy atom. The van der Waals surface area contributed by atoms with Crippen LogP contribution in [0.2, 0.25) is 0 Å². The molecule has 1 aliphatic heterocycles. The fraction of sp³-hybridized carbons (Fsp3) is 0.333. The number of hydrogen-bond acceptors (Lipinski definition) is 1. The lowest BCUT2D eigenvalue weighted by atomic mass is 9.85. The lowest BCUT2D eigenvalue weighted by Gasteiger charge is -2.22. The minimum absolute atomic E-state index is 0.0886. The first-order valence-corrected chi connectivity index (χ1v) is 4.58. The van der Waals surface area contributed by atoms with Crippen molar-refractivity contribution in [1.29, 1.82) is 0 Å². The average Bonchev–Trinajstić information content (AvgIpc) is 2.30. The molecular formula is C12H15N. The van der Waals surface area contributed by atoms with E-state index in [9.17, 15) is 0 Å². The van der Waals surface area contributed by atoms with Crippen LogP contribution in [0.15, 0.2) is 36.5 Å². The fourth-order valence-electron chi connectivity index (χ4n) is 2.01. The Morgan fingerprint density at radius 2 is 1.85 bits per heavy atom. The minimum atomic E-state index is 0.0886. The highest BCUT2D eigenvalue weighted by Gasteiger charge is 2.36. The Balaban J connectivity index is 2.68. The quantitative estimate of drug-likeness (QED) is 0.583. The summed E-state index contributed by atoms with van der Waals surface area (Å²) in [5.41, 5.74) is 3.93. The standard InChI is InChI=1S/C12H15N/c1-9-12(2,3)10-7-5-6-8-11(10)13(9)4/h5-8H,1H2,2-4H3. The van der Waals surface area contributed by atoms with E-state index in [0.717, 1.165) is 0 Å². The van der Waals surface area contributed by atoms with Gasteiger partial charge in [-0.3, -0.25) is 0 Å². The monoisotopic (exact) mass is 173 g/mol. The third-order valence-corrected chi connectivity index (χ3v) is 3.07. The van der Waals surface area contributed by atoms with Gasteiger partial charge in [0.15, 0.2) is 0 Å². The number of anilines is 1. The topological polar surface area (TPSA) is 3.24 Å². The summed E-state index contributed by atoms with van der Waals surface area (Å²) in [5, 5.41) is 0. The van der Waals surface area contributed by atoms with Crippen LogP contribution < -0.4 is 4.90 Å². The van der Waals surface area contributed by atoms with Crippen LogP contribution in [0.4, 0.5) is 5.69 Å². The van der Waals surface area contributed by atoms with E-state index in [2.05, 4.69) is 56.6 Å². The molecule has 0 unspecified atom stereocenters. The normalized spacial score (nSPS) is 19.0. The third-order valence-electron chi connectivity index (χ3n) is 3.07. The molecule has 0 aromatic heterocycles. The van der Waals surface area contributed by atoms with E-state index in [1.807, 2.05) is 0 Å². The molecule has 0 amide bonds. The highest BCUT2D eigenvalue weighted by atomic mass is 15.1. The van der Waals surface area contributed by atoms with Crippen molar-refractivity contribution in [3.63, 3.8) is 0 Å². The molecule has 68 valence electrons. The van der Waals surface area contributed by atoms with Gasteiger partial charge in [-0.2, -0.15) is 0 Å². The van der Waals surface area contributed by atoms with Crippen LogP contribution in [-0.2, 0) is 5.41 Å². The van der Waals surface area contributed by atoms with E-state index in [4.69, 9.17) is 0 Å². The molecule has 1 heteroatoms. The van der Waals surface area contributed by atoms with Crippen molar-refractivity contribution < 1.29 is 0 Å². The van der Waals surface area contributed by atoms with E-state index in [-0.39, 0.29) is 5.41 Å². The molecule has 1 aromatic rings. The van der Waals surface area contributed by atoms with E-state index in [0.29, 0.717) is 0 Å². The Morgan fingerprint density at radius 3 is 2.46 bits per heavy atom. The summed E-state index contributed by atoms with van der Waals surface area (Å²) in [6.45, 7) is 8.57. The Hall–Kier alpha value is -1.24. The van der Waals surface area contributed by atoms with Crippen LogP contribution in [0, 0.1) is 0 Å². The zero-order valence-corrected chi connectivity index (χ0v) is 8.46. The molecular weight excluding hydrogens is 158 g/mol. The van der Waals surface area contributed by atoms with Gasteiger partial charge < -0.3 is 4.90 Å². The number of benzene rings is 1. The Bertz CT molecular complexity index is 363. The van der Waals surface area contributed by atoms with Gasteiger partial charge >= 0.3 is 0 Å². The summed E-state index contributed by atoms with van der Waals surface area (Å²) in [7, 11) is 2.08. The number of likely N-dealkylation sites (N-methyl/N-ethyl adjacent to an activating group) is 1. The van der Waals surface area contributed by atoms with E-state index < -0.39 is 0 Å². The minimum Gasteiger partial charge on any atom is -0.348 e. The first-order valence-electron chi connectivity index (χ1n) is 4.58. The van der Waals surface area contributed by atoms with Gasteiger partial charge in [-0.25, -0.2) is 0 Å². The molecule has 1 heterocycles. The predicted molar refractivity (Wildman–Crippen MR) is 57.0 cm³/mol. The van der Waals surface area contributed by atoms with Crippen LogP contribution in [0.1, 0.15) is 19.4 Å².